The zero-order chi connectivity index (χ0) is 19.3. The highest BCUT2D eigenvalue weighted by molar-refractivity contribution is 7.18. The first-order valence-electron chi connectivity index (χ1n) is 8.35. The van der Waals surface area contributed by atoms with Crippen LogP contribution in [0.2, 0.25) is 0 Å². The first-order valence-corrected chi connectivity index (χ1v) is 9.16. The van der Waals surface area contributed by atoms with Gasteiger partial charge in [-0.05, 0) is 36.4 Å². The number of benzene rings is 2. The number of carbonyl (C=O) groups excluding carboxylic acids is 1. The van der Waals surface area contributed by atoms with Crippen LogP contribution in [-0.4, -0.2) is 16.1 Å². The molecule has 1 amide bonds. The molecule has 1 N–H and O–H groups in total. The Kier molecular flexibility index (Phi) is 5.11. The van der Waals surface area contributed by atoms with Crippen LogP contribution in [0.3, 0.4) is 0 Å². The average molecular weight is 395 g/mol. The molecule has 8 heteroatoms. The number of ether oxygens (including phenoxy) is 1. The molecule has 2 heterocycles. The summed E-state index contributed by atoms with van der Waals surface area (Å²) in [6.07, 6.45) is 0. The molecule has 0 fully saturated rings. The molecule has 0 spiro atoms. The number of anilines is 1. The summed E-state index contributed by atoms with van der Waals surface area (Å²) in [5, 5.41) is 11.8. The summed E-state index contributed by atoms with van der Waals surface area (Å²) in [7, 11) is 0. The Hall–Kier alpha value is -3.52. The van der Waals surface area contributed by atoms with E-state index in [2.05, 4.69) is 15.5 Å². The Balaban J connectivity index is 1.37. The predicted octanol–water partition coefficient (Wildman–Crippen LogP) is 4.77. The van der Waals surface area contributed by atoms with Crippen LogP contribution >= 0.6 is 11.3 Å². The van der Waals surface area contributed by atoms with Gasteiger partial charge in [0.05, 0.1) is 0 Å². The third kappa shape index (κ3) is 4.24. The van der Waals surface area contributed by atoms with Gasteiger partial charge in [-0.2, -0.15) is 0 Å². The minimum atomic E-state index is -0.427. The Labute approximate surface area is 163 Å². The summed E-state index contributed by atoms with van der Waals surface area (Å²) >= 11 is 1.27. The van der Waals surface area contributed by atoms with Gasteiger partial charge < -0.3 is 9.15 Å². The monoisotopic (exact) mass is 395 g/mol. The molecule has 140 valence electrons. The predicted molar refractivity (Wildman–Crippen MR) is 103 cm³/mol. The molecule has 0 aliphatic carbocycles. The van der Waals surface area contributed by atoms with E-state index in [1.54, 1.807) is 12.1 Å². The SMILES string of the molecule is O=C(Nc1nnc(-c2ccccc2)s1)c1ccc(COc2ccc(F)cc2)o1. The van der Waals surface area contributed by atoms with Gasteiger partial charge in [0.1, 0.15) is 28.9 Å². The number of rotatable bonds is 6. The van der Waals surface area contributed by atoms with Crippen molar-refractivity contribution in [1.82, 2.24) is 10.2 Å². The Bertz CT molecular complexity index is 1080. The van der Waals surface area contributed by atoms with E-state index in [-0.39, 0.29) is 18.2 Å². The van der Waals surface area contributed by atoms with Crippen LogP contribution in [0.5, 0.6) is 5.75 Å². The van der Waals surface area contributed by atoms with E-state index in [0.717, 1.165) is 5.56 Å². The third-order valence-corrected chi connectivity index (χ3v) is 4.63. The molecule has 0 aliphatic rings. The molecular weight excluding hydrogens is 381 g/mol. The van der Waals surface area contributed by atoms with Crippen LogP contribution in [0, 0.1) is 5.82 Å². The number of hydrogen-bond acceptors (Lipinski definition) is 6. The van der Waals surface area contributed by atoms with Crippen molar-refractivity contribution in [2.75, 3.05) is 5.32 Å². The van der Waals surface area contributed by atoms with Gasteiger partial charge in [0.15, 0.2) is 5.76 Å². The lowest BCUT2D eigenvalue weighted by Gasteiger charge is -2.03. The molecule has 0 atom stereocenters. The summed E-state index contributed by atoms with van der Waals surface area (Å²) in [6.45, 7) is 0.121. The second-order valence-corrected chi connectivity index (χ2v) is 6.72. The first-order chi connectivity index (χ1) is 13.7. The number of carbonyl (C=O) groups is 1. The molecule has 0 radical (unpaired) electrons. The molecule has 0 saturated carbocycles. The van der Waals surface area contributed by atoms with Gasteiger partial charge in [0.25, 0.3) is 5.91 Å². The summed E-state index contributed by atoms with van der Waals surface area (Å²) in [4.78, 5) is 12.3. The topological polar surface area (TPSA) is 77.2 Å². The fourth-order valence-electron chi connectivity index (χ4n) is 2.39. The van der Waals surface area contributed by atoms with E-state index in [4.69, 9.17) is 9.15 Å². The number of hydrogen-bond donors (Lipinski definition) is 1. The number of nitrogens with one attached hydrogen (secondary N) is 1. The van der Waals surface area contributed by atoms with Crippen LogP contribution in [0.25, 0.3) is 10.6 Å². The maximum atomic E-state index is 12.9. The van der Waals surface area contributed by atoms with Crippen LogP contribution in [0.15, 0.2) is 71.1 Å². The maximum Gasteiger partial charge on any atom is 0.293 e. The smallest absolute Gasteiger partial charge is 0.293 e. The third-order valence-electron chi connectivity index (χ3n) is 3.75. The van der Waals surface area contributed by atoms with Crippen molar-refractivity contribution in [2.45, 2.75) is 6.61 Å². The summed E-state index contributed by atoms with van der Waals surface area (Å²) in [6, 6.07) is 18.4. The number of halogens is 1. The number of amides is 1. The Morgan fingerprint density at radius 3 is 2.61 bits per heavy atom. The molecule has 2 aromatic carbocycles. The fourth-order valence-corrected chi connectivity index (χ4v) is 3.14. The van der Waals surface area contributed by atoms with E-state index in [9.17, 15) is 9.18 Å². The van der Waals surface area contributed by atoms with Gasteiger partial charge >= 0.3 is 0 Å². The van der Waals surface area contributed by atoms with Crippen LogP contribution in [0.1, 0.15) is 16.3 Å². The highest BCUT2D eigenvalue weighted by Crippen LogP contribution is 2.26. The second kappa shape index (κ2) is 8.01. The fraction of sp³-hybridized carbons (Fsp3) is 0.0500. The molecule has 0 bridgehead atoms. The van der Waals surface area contributed by atoms with E-state index in [0.29, 0.717) is 21.6 Å². The molecule has 2 aromatic heterocycles. The van der Waals surface area contributed by atoms with Gasteiger partial charge in [-0.15, -0.1) is 10.2 Å². The quantitative estimate of drug-likeness (QED) is 0.509. The van der Waals surface area contributed by atoms with Crippen LogP contribution in [-0.2, 0) is 6.61 Å². The van der Waals surface area contributed by atoms with Crippen molar-refractivity contribution in [3.05, 3.63) is 84.1 Å². The van der Waals surface area contributed by atoms with E-state index >= 15 is 0 Å². The van der Waals surface area contributed by atoms with Crippen molar-refractivity contribution in [3.63, 3.8) is 0 Å². The van der Waals surface area contributed by atoms with E-state index in [1.165, 1.54) is 35.6 Å². The summed E-state index contributed by atoms with van der Waals surface area (Å²) in [5.74, 6) is 0.345. The standard InChI is InChI=1S/C20H14FN3O3S/c21-14-6-8-15(9-7-14)26-12-16-10-11-17(27-16)18(25)22-20-24-23-19(28-20)13-4-2-1-3-5-13/h1-11H,12H2,(H,22,24,25). The van der Waals surface area contributed by atoms with E-state index < -0.39 is 5.91 Å². The molecular formula is C20H14FN3O3S. The number of furan rings is 1. The molecule has 4 aromatic rings. The molecule has 6 nitrogen and oxygen atoms in total. The van der Waals surface area contributed by atoms with Gasteiger partial charge in [-0.3, -0.25) is 10.1 Å². The Morgan fingerprint density at radius 1 is 1.04 bits per heavy atom. The highest BCUT2D eigenvalue weighted by atomic mass is 32.1. The van der Waals surface area contributed by atoms with Crippen molar-refractivity contribution in [3.8, 4) is 16.3 Å². The maximum absolute atomic E-state index is 12.9. The van der Waals surface area contributed by atoms with Crippen molar-refractivity contribution >= 4 is 22.4 Å². The molecule has 0 aliphatic heterocycles. The normalized spacial score (nSPS) is 10.6. The van der Waals surface area contributed by atoms with Gasteiger partial charge in [0, 0.05) is 5.56 Å². The van der Waals surface area contributed by atoms with Gasteiger partial charge in [-0.25, -0.2) is 4.39 Å². The lowest BCUT2D eigenvalue weighted by atomic mass is 10.2. The molecule has 0 saturated heterocycles. The number of aromatic nitrogens is 2. The zero-order valence-corrected chi connectivity index (χ0v) is 15.3. The summed E-state index contributed by atoms with van der Waals surface area (Å²) < 4.78 is 23.9. The second-order valence-electron chi connectivity index (χ2n) is 5.74. The van der Waals surface area contributed by atoms with Crippen molar-refractivity contribution in [1.29, 1.82) is 0 Å². The largest absolute Gasteiger partial charge is 0.486 e. The van der Waals surface area contributed by atoms with Crippen LogP contribution < -0.4 is 10.1 Å². The minimum Gasteiger partial charge on any atom is -0.486 e. The van der Waals surface area contributed by atoms with Gasteiger partial charge in [-0.1, -0.05) is 41.7 Å². The molecule has 0 unspecified atom stereocenters. The molecule has 4 rings (SSSR count). The zero-order valence-electron chi connectivity index (χ0n) is 14.5. The van der Waals surface area contributed by atoms with Crippen LogP contribution in [0.4, 0.5) is 9.52 Å². The number of nitrogens with zero attached hydrogens (tertiary/aromatic N) is 2. The van der Waals surface area contributed by atoms with Crippen molar-refractivity contribution in [2.24, 2.45) is 0 Å². The lowest BCUT2D eigenvalue weighted by molar-refractivity contribution is 0.0992. The highest BCUT2D eigenvalue weighted by Gasteiger charge is 2.15. The first kappa shape index (κ1) is 17.9. The average Bonchev–Trinajstić information content (AvgIpc) is 3.38. The lowest BCUT2D eigenvalue weighted by Crippen LogP contribution is -2.10. The van der Waals surface area contributed by atoms with E-state index in [1.807, 2.05) is 30.3 Å². The molecule has 28 heavy (non-hydrogen) atoms. The minimum absolute atomic E-state index is 0.121. The van der Waals surface area contributed by atoms with Crippen molar-refractivity contribution < 1.29 is 18.3 Å². The summed E-state index contributed by atoms with van der Waals surface area (Å²) in [5.41, 5.74) is 0.929. The van der Waals surface area contributed by atoms with Gasteiger partial charge in [0.2, 0.25) is 5.13 Å². The Morgan fingerprint density at radius 2 is 1.82 bits per heavy atom.